The molecule has 0 fully saturated rings. The lowest BCUT2D eigenvalue weighted by Crippen LogP contribution is -2.45. The van der Waals surface area contributed by atoms with E-state index in [0.29, 0.717) is 12.0 Å². The van der Waals surface area contributed by atoms with Gasteiger partial charge in [0, 0.05) is 4.47 Å². The molecule has 0 aliphatic heterocycles. The minimum Gasteiger partial charge on any atom is -0.480 e. The number of ether oxygens (including phenoxy) is 1. The summed E-state index contributed by atoms with van der Waals surface area (Å²) >= 11 is 4.94. The van der Waals surface area contributed by atoms with Gasteiger partial charge in [0.25, 0.3) is 0 Å². The van der Waals surface area contributed by atoms with Gasteiger partial charge in [-0.3, -0.25) is 9.59 Å². The molecule has 0 spiro atoms. The van der Waals surface area contributed by atoms with Crippen molar-refractivity contribution >= 4 is 39.6 Å². The predicted octanol–water partition coefficient (Wildman–Crippen LogP) is 3.48. The van der Waals surface area contributed by atoms with E-state index in [9.17, 15) is 14.7 Å². The van der Waals surface area contributed by atoms with E-state index in [1.807, 2.05) is 6.26 Å². The Bertz CT molecular complexity index is 489. The monoisotopic (exact) mass is 374 g/mol. The summed E-state index contributed by atoms with van der Waals surface area (Å²) in [5.41, 5.74) is -1.18. The number of hydrogen-bond donors (Lipinski definition) is 1. The highest BCUT2D eigenvalue weighted by Crippen LogP contribution is 2.33. The van der Waals surface area contributed by atoms with Crippen molar-refractivity contribution in [1.29, 1.82) is 0 Å². The van der Waals surface area contributed by atoms with Gasteiger partial charge in [0.2, 0.25) is 0 Å². The zero-order valence-electron chi connectivity index (χ0n) is 12.1. The summed E-state index contributed by atoms with van der Waals surface area (Å²) in [7, 11) is 0. The summed E-state index contributed by atoms with van der Waals surface area (Å²) in [4.78, 5) is 24.3. The number of carbonyl (C=O) groups is 2. The van der Waals surface area contributed by atoms with Crippen molar-refractivity contribution in [3.8, 4) is 0 Å². The molecule has 1 unspecified atom stereocenters. The minimum absolute atomic E-state index is 0.160. The first kappa shape index (κ1) is 18.0. The molecule has 0 saturated heterocycles. The van der Waals surface area contributed by atoms with Crippen LogP contribution >= 0.6 is 27.7 Å². The molecule has 0 bridgehead atoms. The molecule has 0 heterocycles. The summed E-state index contributed by atoms with van der Waals surface area (Å²) in [5, 5.41) is 9.72. The molecule has 1 rings (SSSR count). The Morgan fingerprint density at radius 3 is 2.43 bits per heavy atom. The lowest BCUT2D eigenvalue weighted by Gasteiger charge is -2.27. The lowest BCUT2D eigenvalue weighted by molar-refractivity contribution is -0.162. The number of carboxylic acids is 1. The normalized spacial score (nSPS) is 13.5. The van der Waals surface area contributed by atoms with Crippen molar-refractivity contribution in [3.63, 3.8) is 0 Å². The number of hydrogen-bond acceptors (Lipinski definition) is 4. The van der Waals surface area contributed by atoms with Gasteiger partial charge < -0.3 is 9.84 Å². The Labute approximate surface area is 137 Å². The van der Waals surface area contributed by atoms with Crippen molar-refractivity contribution in [1.82, 2.24) is 0 Å². The van der Waals surface area contributed by atoms with Gasteiger partial charge in [-0.25, -0.2) is 0 Å². The third kappa shape index (κ3) is 4.23. The molecular weight excluding hydrogens is 356 g/mol. The van der Waals surface area contributed by atoms with Crippen LogP contribution in [-0.2, 0) is 19.7 Å². The second-order valence-electron chi connectivity index (χ2n) is 4.53. The molecule has 1 N–H and O–H groups in total. The van der Waals surface area contributed by atoms with Crippen LogP contribution in [0.5, 0.6) is 0 Å². The first-order valence-corrected chi connectivity index (χ1v) is 8.83. The molecule has 0 aromatic heterocycles. The average Bonchev–Trinajstić information content (AvgIpc) is 2.45. The maximum absolute atomic E-state index is 12.4. The van der Waals surface area contributed by atoms with E-state index >= 15 is 0 Å². The van der Waals surface area contributed by atoms with Crippen LogP contribution in [0.15, 0.2) is 28.7 Å². The number of thioether (sulfide) groups is 1. The van der Waals surface area contributed by atoms with E-state index in [-0.39, 0.29) is 13.0 Å². The Balaban J connectivity index is 3.25. The second kappa shape index (κ2) is 8.44. The first-order valence-electron chi connectivity index (χ1n) is 6.64. The highest BCUT2D eigenvalue weighted by Gasteiger charge is 2.48. The highest BCUT2D eigenvalue weighted by molar-refractivity contribution is 9.10. The first-order chi connectivity index (χ1) is 9.98. The van der Waals surface area contributed by atoms with E-state index in [0.717, 1.165) is 10.2 Å². The van der Waals surface area contributed by atoms with E-state index in [2.05, 4.69) is 15.9 Å². The number of rotatable bonds is 8. The predicted molar refractivity (Wildman–Crippen MR) is 87.7 cm³/mol. The van der Waals surface area contributed by atoms with Gasteiger partial charge in [-0.1, -0.05) is 28.1 Å². The van der Waals surface area contributed by atoms with Crippen LogP contribution in [0, 0.1) is 0 Å². The zero-order valence-corrected chi connectivity index (χ0v) is 14.5. The van der Waals surface area contributed by atoms with Gasteiger partial charge in [0.15, 0.2) is 5.41 Å². The molecule has 21 heavy (non-hydrogen) atoms. The molecular formula is C15H19BrO4S. The molecule has 1 aromatic carbocycles. The summed E-state index contributed by atoms with van der Waals surface area (Å²) in [5.74, 6) is -1.06. The quantitative estimate of drug-likeness (QED) is 0.428. The van der Waals surface area contributed by atoms with Crippen LogP contribution in [-0.4, -0.2) is 35.7 Å². The Hall–Kier alpha value is -1.01. The molecule has 0 aliphatic rings. The summed E-state index contributed by atoms with van der Waals surface area (Å²) in [6.07, 6.45) is 2.80. The van der Waals surface area contributed by atoms with Crippen LogP contribution in [0.25, 0.3) is 0 Å². The van der Waals surface area contributed by atoms with Gasteiger partial charge in [0.1, 0.15) is 0 Å². The summed E-state index contributed by atoms with van der Waals surface area (Å²) in [6, 6.07) is 6.80. The number of benzene rings is 1. The van der Waals surface area contributed by atoms with Crippen molar-refractivity contribution in [2.24, 2.45) is 0 Å². The second-order valence-corrected chi connectivity index (χ2v) is 6.44. The minimum atomic E-state index is -1.63. The van der Waals surface area contributed by atoms with Crippen LogP contribution in [0.3, 0.4) is 0 Å². The Morgan fingerprint density at radius 1 is 1.33 bits per heavy atom. The van der Waals surface area contributed by atoms with Crippen LogP contribution in [0.4, 0.5) is 0 Å². The summed E-state index contributed by atoms with van der Waals surface area (Å²) < 4.78 is 5.88. The van der Waals surface area contributed by atoms with E-state index in [1.165, 1.54) is 0 Å². The van der Waals surface area contributed by atoms with Crippen LogP contribution in [0.1, 0.15) is 25.3 Å². The Kier molecular flexibility index (Phi) is 7.25. The number of esters is 1. The molecule has 6 heteroatoms. The van der Waals surface area contributed by atoms with Crippen LogP contribution in [0.2, 0.25) is 0 Å². The molecule has 0 saturated carbocycles. The maximum Gasteiger partial charge on any atom is 0.328 e. The van der Waals surface area contributed by atoms with Gasteiger partial charge >= 0.3 is 11.9 Å². The topological polar surface area (TPSA) is 63.6 Å². The van der Waals surface area contributed by atoms with Gasteiger partial charge in [-0.05, 0) is 49.5 Å². The fraction of sp³-hybridized carbons (Fsp3) is 0.467. The SMILES string of the molecule is CCOC(=O)C(CCCSC)(C(=O)O)c1ccc(Br)cc1. The maximum atomic E-state index is 12.4. The largest absolute Gasteiger partial charge is 0.480 e. The number of carboxylic acid groups (broad SMARTS) is 1. The zero-order chi connectivity index (χ0) is 15.9. The molecule has 1 aromatic rings. The standard InChI is InChI=1S/C15H19BrO4S/c1-3-20-14(19)15(13(17)18,9-4-10-21-2)11-5-7-12(16)8-6-11/h5-8H,3-4,9-10H2,1-2H3,(H,17,18). The van der Waals surface area contributed by atoms with Gasteiger partial charge in [0.05, 0.1) is 6.61 Å². The molecule has 4 nitrogen and oxygen atoms in total. The molecule has 0 amide bonds. The van der Waals surface area contributed by atoms with E-state index < -0.39 is 17.4 Å². The molecule has 0 aliphatic carbocycles. The molecule has 0 radical (unpaired) electrons. The lowest BCUT2D eigenvalue weighted by atomic mass is 9.76. The van der Waals surface area contributed by atoms with Gasteiger partial charge in [-0.2, -0.15) is 11.8 Å². The number of aliphatic carboxylic acids is 1. The van der Waals surface area contributed by atoms with Crippen molar-refractivity contribution < 1.29 is 19.4 Å². The van der Waals surface area contributed by atoms with Crippen molar-refractivity contribution in [2.75, 3.05) is 18.6 Å². The van der Waals surface area contributed by atoms with Crippen molar-refractivity contribution in [3.05, 3.63) is 34.3 Å². The van der Waals surface area contributed by atoms with Crippen molar-refractivity contribution in [2.45, 2.75) is 25.2 Å². The fourth-order valence-electron chi connectivity index (χ4n) is 2.15. The fourth-order valence-corrected chi connectivity index (χ4v) is 2.85. The van der Waals surface area contributed by atoms with Crippen LogP contribution < -0.4 is 0 Å². The third-order valence-electron chi connectivity index (χ3n) is 3.23. The number of carbonyl (C=O) groups excluding carboxylic acids is 1. The third-order valence-corrected chi connectivity index (χ3v) is 4.45. The highest BCUT2D eigenvalue weighted by atomic mass is 79.9. The number of halogens is 1. The summed E-state index contributed by atoms with van der Waals surface area (Å²) in [6.45, 7) is 1.83. The smallest absolute Gasteiger partial charge is 0.328 e. The van der Waals surface area contributed by atoms with E-state index in [1.54, 1.807) is 43.0 Å². The molecule has 1 atom stereocenters. The average molecular weight is 375 g/mol. The molecule has 116 valence electrons. The van der Waals surface area contributed by atoms with E-state index in [4.69, 9.17) is 4.74 Å². The van der Waals surface area contributed by atoms with Gasteiger partial charge in [-0.15, -0.1) is 0 Å². The Morgan fingerprint density at radius 2 is 1.95 bits per heavy atom.